The summed E-state index contributed by atoms with van der Waals surface area (Å²) in [7, 11) is 0. The summed E-state index contributed by atoms with van der Waals surface area (Å²) in [4.78, 5) is 24.0. The molecule has 0 aliphatic heterocycles. The maximum atomic E-state index is 11.8. The van der Waals surface area contributed by atoms with Gasteiger partial charge < -0.3 is 15.3 Å². The van der Waals surface area contributed by atoms with Crippen LogP contribution < -0.4 is 5.32 Å². The largest absolute Gasteiger partial charge is 0.480 e. The van der Waals surface area contributed by atoms with Crippen molar-refractivity contribution < 1.29 is 14.7 Å². The Kier molecular flexibility index (Phi) is 6.54. The minimum absolute atomic E-state index is 0.197. The zero-order chi connectivity index (χ0) is 13.4. The van der Waals surface area contributed by atoms with E-state index in [2.05, 4.69) is 12.2 Å². The number of aliphatic carboxylic acids is 1. The quantitative estimate of drug-likeness (QED) is 0.620. The van der Waals surface area contributed by atoms with Crippen molar-refractivity contribution in [3.05, 3.63) is 0 Å². The van der Waals surface area contributed by atoms with Crippen molar-refractivity contribution in [1.82, 2.24) is 10.2 Å². The first-order valence-electron chi connectivity index (χ1n) is 6.88. The number of urea groups is 1. The molecule has 5 nitrogen and oxygen atoms in total. The third kappa shape index (κ3) is 6.47. The maximum absolute atomic E-state index is 11.8. The highest BCUT2D eigenvalue weighted by Crippen LogP contribution is 2.29. The van der Waals surface area contributed by atoms with Crippen molar-refractivity contribution >= 4 is 12.0 Å². The highest BCUT2D eigenvalue weighted by molar-refractivity contribution is 5.80. The summed E-state index contributed by atoms with van der Waals surface area (Å²) in [5.41, 5.74) is 0. The van der Waals surface area contributed by atoms with Crippen LogP contribution in [-0.4, -0.2) is 41.6 Å². The molecule has 18 heavy (non-hydrogen) atoms. The van der Waals surface area contributed by atoms with Crippen LogP contribution in [0.15, 0.2) is 0 Å². The van der Waals surface area contributed by atoms with Crippen molar-refractivity contribution in [3.8, 4) is 0 Å². The molecule has 2 N–H and O–H groups in total. The van der Waals surface area contributed by atoms with Crippen molar-refractivity contribution in [1.29, 1.82) is 0 Å². The first kappa shape index (κ1) is 14.8. The normalized spacial score (nSPS) is 14.3. The van der Waals surface area contributed by atoms with E-state index in [1.54, 1.807) is 0 Å². The summed E-state index contributed by atoms with van der Waals surface area (Å²) in [5, 5.41) is 11.6. The SMILES string of the molecule is CCCCCCNC(=O)N(CC(=O)O)CC1CC1. The lowest BCUT2D eigenvalue weighted by Crippen LogP contribution is -2.44. The van der Waals surface area contributed by atoms with Crippen LogP contribution in [0.4, 0.5) is 4.79 Å². The van der Waals surface area contributed by atoms with E-state index in [1.807, 2.05) is 0 Å². The van der Waals surface area contributed by atoms with Gasteiger partial charge in [0.2, 0.25) is 0 Å². The minimum atomic E-state index is -0.947. The summed E-state index contributed by atoms with van der Waals surface area (Å²) >= 11 is 0. The lowest BCUT2D eigenvalue weighted by atomic mass is 10.2. The van der Waals surface area contributed by atoms with E-state index in [1.165, 1.54) is 17.7 Å². The van der Waals surface area contributed by atoms with E-state index in [4.69, 9.17) is 5.11 Å². The van der Waals surface area contributed by atoms with Crippen LogP contribution in [0.2, 0.25) is 0 Å². The number of amides is 2. The Hall–Kier alpha value is -1.26. The van der Waals surface area contributed by atoms with Gasteiger partial charge in [0.05, 0.1) is 0 Å². The zero-order valence-electron chi connectivity index (χ0n) is 11.2. The lowest BCUT2D eigenvalue weighted by Gasteiger charge is -2.21. The molecule has 2 amide bonds. The number of hydrogen-bond donors (Lipinski definition) is 2. The molecular weight excluding hydrogens is 232 g/mol. The molecule has 0 aromatic carbocycles. The van der Waals surface area contributed by atoms with Gasteiger partial charge in [0.1, 0.15) is 6.54 Å². The van der Waals surface area contributed by atoms with Gasteiger partial charge in [0, 0.05) is 13.1 Å². The summed E-state index contributed by atoms with van der Waals surface area (Å²) < 4.78 is 0. The first-order chi connectivity index (χ1) is 8.63. The van der Waals surface area contributed by atoms with Gasteiger partial charge in [0.25, 0.3) is 0 Å². The molecular formula is C13H24N2O3. The fraction of sp³-hybridized carbons (Fsp3) is 0.846. The van der Waals surface area contributed by atoms with E-state index in [0.717, 1.165) is 25.7 Å². The van der Waals surface area contributed by atoms with Crippen LogP contribution in [0.1, 0.15) is 45.4 Å². The number of nitrogens with zero attached hydrogens (tertiary/aromatic N) is 1. The predicted octanol–water partition coefficient (Wildman–Crippen LogP) is 2.07. The number of carboxylic acids is 1. The zero-order valence-corrected chi connectivity index (χ0v) is 11.2. The van der Waals surface area contributed by atoms with E-state index < -0.39 is 5.97 Å². The van der Waals surface area contributed by atoms with Gasteiger partial charge >= 0.3 is 12.0 Å². The molecule has 0 bridgehead atoms. The smallest absolute Gasteiger partial charge is 0.323 e. The standard InChI is InChI=1S/C13H24N2O3/c1-2-3-4-5-8-14-13(18)15(10-12(16)17)9-11-6-7-11/h11H,2-10H2,1H3,(H,14,18)(H,16,17). The van der Waals surface area contributed by atoms with Crippen LogP contribution in [-0.2, 0) is 4.79 Å². The molecule has 0 spiro atoms. The van der Waals surface area contributed by atoms with Crippen LogP contribution in [0.25, 0.3) is 0 Å². The molecule has 5 heteroatoms. The molecule has 0 saturated heterocycles. The highest BCUT2D eigenvalue weighted by Gasteiger charge is 2.27. The van der Waals surface area contributed by atoms with Crippen molar-refractivity contribution in [3.63, 3.8) is 0 Å². The maximum Gasteiger partial charge on any atom is 0.323 e. The number of unbranched alkanes of at least 4 members (excludes halogenated alkanes) is 3. The number of rotatable bonds is 9. The van der Waals surface area contributed by atoms with E-state index >= 15 is 0 Å². The Morgan fingerprint density at radius 3 is 2.56 bits per heavy atom. The Morgan fingerprint density at radius 2 is 2.00 bits per heavy atom. The first-order valence-corrected chi connectivity index (χ1v) is 6.88. The van der Waals surface area contributed by atoms with Crippen LogP contribution in [0.5, 0.6) is 0 Å². The number of hydrogen-bond acceptors (Lipinski definition) is 2. The molecule has 104 valence electrons. The number of carboxylic acid groups (broad SMARTS) is 1. The van der Waals surface area contributed by atoms with Crippen molar-refractivity contribution in [2.45, 2.75) is 45.4 Å². The van der Waals surface area contributed by atoms with Crippen LogP contribution in [0, 0.1) is 5.92 Å². The van der Waals surface area contributed by atoms with Crippen molar-refractivity contribution in [2.24, 2.45) is 5.92 Å². The fourth-order valence-electron chi connectivity index (χ4n) is 1.85. The number of carbonyl (C=O) groups excluding carboxylic acids is 1. The highest BCUT2D eigenvalue weighted by atomic mass is 16.4. The Balaban J connectivity index is 2.22. The third-order valence-corrected chi connectivity index (χ3v) is 3.10. The second-order valence-electron chi connectivity index (χ2n) is 5.01. The Bertz CT molecular complexity index is 277. The molecule has 0 atom stereocenters. The second-order valence-corrected chi connectivity index (χ2v) is 5.01. The summed E-state index contributed by atoms with van der Waals surface area (Å²) in [6, 6.07) is -0.235. The Morgan fingerprint density at radius 1 is 1.28 bits per heavy atom. The van der Waals surface area contributed by atoms with Crippen LogP contribution in [0.3, 0.4) is 0 Å². The molecule has 1 rings (SSSR count). The molecule has 0 radical (unpaired) electrons. The Labute approximate surface area is 109 Å². The molecule has 1 aliphatic carbocycles. The summed E-state index contributed by atoms with van der Waals surface area (Å²) in [6.45, 7) is 3.16. The van der Waals surface area contributed by atoms with Gasteiger partial charge in [-0.25, -0.2) is 4.79 Å². The number of carbonyl (C=O) groups is 2. The third-order valence-electron chi connectivity index (χ3n) is 3.10. The van der Waals surface area contributed by atoms with Gasteiger partial charge in [-0.15, -0.1) is 0 Å². The molecule has 1 fully saturated rings. The molecule has 1 saturated carbocycles. The number of nitrogens with one attached hydrogen (secondary N) is 1. The predicted molar refractivity (Wildman–Crippen MR) is 69.5 cm³/mol. The van der Waals surface area contributed by atoms with Gasteiger partial charge in [-0.3, -0.25) is 4.79 Å². The van der Waals surface area contributed by atoms with E-state index in [0.29, 0.717) is 19.0 Å². The van der Waals surface area contributed by atoms with Gasteiger partial charge in [-0.2, -0.15) is 0 Å². The monoisotopic (exact) mass is 256 g/mol. The van der Waals surface area contributed by atoms with Gasteiger partial charge in [-0.05, 0) is 25.2 Å². The van der Waals surface area contributed by atoms with Crippen LogP contribution >= 0.6 is 0 Å². The minimum Gasteiger partial charge on any atom is -0.480 e. The summed E-state index contributed by atoms with van der Waals surface area (Å²) in [6.07, 6.45) is 6.64. The lowest BCUT2D eigenvalue weighted by molar-refractivity contribution is -0.137. The molecule has 1 aliphatic rings. The average Bonchev–Trinajstić information content (AvgIpc) is 3.11. The van der Waals surface area contributed by atoms with E-state index in [-0.39, 0.29) is 12.6 Å². The van der Waals surface area contributed by atoms with E-state index in [9.17, 15) is 9.59 Å². The molecule has 0 unspecified atom stereocenters. The average molecular weight is 256 g/mol. The fourth-order valence-corrected chi connectivity index (χ4v) is 1.85. The second kappa shape index (κ2) is 7.95. The molecule has 0 aromatic heterocycles. The topological polar surface area (TPSA) is 69.6 Å². The van der Waals surface area contributed by atoms with Gasteiger partial charge in [-0.1, -0.05) is 26.2 Å². The van der Waals surface area contributed by atoms with Gasteiger partial charge in [0.15, 0.2) is 0 Å². The van der Waals surface area contributed by atoms with Crippen molar-refractivity contribution in [2.75, 3.05) is 19.6 Å². The summed E-state index contributed by atoms with van der Waals surface area (Å²) in [5.74, 6) is -0.438. The molecule has 0 heterocycles. The molecule has 0 aromatic rings.